The normalized spacial score (nSPS) is 18.9. The number of fused-ring (bicyclic) bond motifs is 1. The Hall–Kier alpha value is -1.40. The van der Waals surface area contributed by atoms with Gasteiger partial charge in [0.2, 0.25) is 0 Å². The van der Waals surface area contributed by atoms with Gasteiger partial charge in [0.1, 0.15) is 0 Å². The van der Waals surface area contributed by atoms with E-state index in [4.69, 9.17) is 0 Å². The number of nitrogens with one attached hydrogen (secondary N) is 1. The number of hydrogen-bond donors (Lipinski definition) is 1. The maximum absolute atomic E-state index is 12.7. The van der Waals surface area contributed by atoms with Gasteiger partial charge in [-0.2, -0.15) is 0 Å². The highest BCUT2D eigenvalue weighted by Crippen LogP contribution is 2.35. The van der Waals surface area contributed by atoms with E-state index in [0.717, 1.165) is 30.1 Å². The van der Waals surface area contributed by atoms with Crippen LogP contribution in [-0.4, -0.2) is 22.5 Å². The second-order valence-electron chi connectivity index (χ2n) is 5.63. The molecule has 0 unspecified atom stereocenters. The van der Waals surface area contributed by atoms with E-state index in [0.29, 0.717) is 0 Å². The predicted octanol–water partition coefficient (Wildman–Crippen LogP) is 4.29. The van der Waals surface area contributed by atoms with Crippen molar-refractivity contribution in [1.82, 2.24) is 15.2 Å². The highest BCUT2D eigenvalue weighted by atomic mass is 32.1. The highest BCUT2D eigenvalue weighted by Gasteiger charge is 2.31. The van der Waals surface area contributed by atoms with Crippen LogP contribution >= 0.6 is 22.7 Å². The second kappa shape index (κ2) is 6.38. The van der Waals surface area contributed by atoms with Crippen molar-refractivity contribution in [2.45, 2.75) is 45.7 Å². The Morgan fingerprint density at radius 3 is 3.05 bits per heavy atom. The molecule has 1 aliphatic heterocycles. The van der Waals surface area contributed by atoms with Crippen LogP contribution in [0, 0.1) is 6.92 Å². The number of aromatic nitrogens is 1. The van der Waals surface area contributed by atoms with Gasteiger partial charge in [-0.1, -0.05) is 6.92 Å². The zero-order valence-electron chi connectivity index (χ0n) is 13.1. The summed E-state index contributed by atoms with van der Waals surface area (Å²) in [4.78, 5) is 20.6. The molecule has 0 radical (unpaired) electrons. The molecule has 2 aromatic heterocycles. The molecule has 118 valence electrons. The summed E-state index contributed by atoms with van der Waals surface area (Å²) >= 11 is 3.42. The molecule has 2 amide bonds. The van der Waals surface area contributed by atoms with Crippen molar-refractivity contribution in [3.8, 4) is 0 Å². The summed E-state index contributed by atoms with van der Waals surface area (Å²) in [6, 6.07) is 2.32. The number of amides is 2. The average Bonchev–Trinajstić information content (AvgIpc) is 3.14. The van der Waals surface area contributed by atoms with Gasteiger partial charge >= 0.3 is 6.03 Å². The fraction of sp³-hybridized carbons (Fsp3) is 0.500. The van der Waals surface area contributed by atoms with Gasteiger partial charge in [-0.3, -0.25) is 0 Å². The van der Waals surface area contributed by atoms with Gasteiger partial charge in [0, 0.05) is 16.8 Å². The molecule has 2 atom stereocenters. The van der Waals surface area contributed by atoms with Crippen LogP contribution in [0.15, 0.2) is 16.8 Å². The van der Waals surface area contributed by atoms with Crippen molar-refractivity contribution in [2.24, 2.45) is 0 Å². The summed E-state index contributed by atoms with van der Waals surface area (Å²) in [5, 5.41) is 8.28. The highest BCUT2D eigenvalue weighted by molar-refractivity contribution is 7.10. The SMILES string of the molecule is CC[C@H]1c2ccsc2CCN1C(=O)N[C@H](C)c1csc(C)n1. The molecule has 0 bridgehead atoms. The Kier molecular flexibility index (Phi) is 4.49. The lowest BCUT2D eigenvalue weighted by atomic mass is 9.98. The van der Waals surface area contributed by atoms with Gasteiger partial charge in [-0.25, -0.2) is 9.78 Å². The summed E-state index contributed by atoms with van der Waals surface area (Å²) < 4.78 is 0. The molecule has 0 aliphatic carbocycles. The molecule has 3 heterocycles. The van der Waals surface area contributed by atoms with Crippen LogP contribution < -0.4 is 5.32 Å². The molecular formula is C16H21N3OS2. The number of rotatable bonds is 3. The lowest BCUT2D eigenvalue weighted by molar-refractivity contribution is 0.165. The fourth-order valence-corrected chi connectivity index (χ4v) is 4.64. The van der Waals surface area contributed by atoms with E-state index in [-0.39, 0.29) is 18.1 Å². The van der Waals surface area contributed by atoms with Gasteiger partial charge in [-0.15, -0.1) is 22.7 Å². The molecular weight excluding hydrogens is 314 g/mol. The molecule has 4 nitrogen and oxygen atoms in total. The molecule has 0 aromatic carbocycles. The van der Waals surface area contributed by atoms with Crippen LogP contribution in [0.2, 0.25) is 0 Å². The Morgan fingerprint density at radius 2 is 2.36 bits per heavy atom. The van der Waals surface area contributed by atoms with Gasteiger partial charge in [0.25, 0.3) is 0 Å². The standard InChI is InChI=1S/C16H21N3OS2/c1-4-14-12-6-8-21-15(12)5-7-19(14)16(20)17-10(2)13-9-22-11(3)18-13/h6,8-10,14H,4-5,7H2,1-3H3,(H,17,20)/t10-,14+/m1/s1. The van der Waals surface area contributed by atoms with Crippen LogP contribution in [0.5, 0.6) is 0 Å². The number of thiazole rings is 1. The van der Waals surface area contributed by atoms with E-state index in [1.54, 1.807) is 22.7 Å². The van der Waals surface area contributed by atoms with Gasteiger partial charge in [-0.05, 0) is 43.7 Å². The monoisotopic (exact) mass is 335 g/mol. The summed E-state index contributed by atoms with van der Waals surface area (Å²) in [6.45, 7) is 6.91. The molecule has 3 rings (SSSR count). The van der Waals surface area contributed by atoms with Crippen molar-refractivity contribution >= 4 is 28.7 Å². The molecule has 0 saturated carbocycles. The maximum atomic E-state index is 12.7. The first kappa shape index (κ1) is 15.5. The van der Waals surface area contributed by atoms with E-state index >= 15 is 0 Å². The van der Waals surface area contributed by atoms with E-state index in [9.17, 15) is 4.79 Å². The smallest absolute Gasteiger partial charge is 0.318 e. The third-order valence-electron chi connectivity index (χ3n) is 4.16. The van der Waals surface area contributed by atoms with Crippen molar-refractivity contribution < 1.29 is 4.79 Å². The van der Waals surface area contributed by atoms with Gasteiger partial charge in [0.05, 0.1) is 22.8 Å². The zero-order chi connectivity index (χ0) is 15.7. The number of aryl methyl sites for hydroxylation is 1. The first-order valence-corrected chi connectivity index (χ1v) is 9.41. The van der Waals surface area contributed by atoms with Crippen molar-refractivity contribution in [3.63, 3.8) is 0 Å². The van der Waals surface area contributed by atoms with E-state index in [2.05, 4.69) is 28.7 Å². The molecule has 0 saturated heterocycles. The minimum atomic E-state index is -0.0566. The lowest BCUT2D eigenvalue weighted by Crippen LogP contribution is -2.45. The number of urea groups is 1. The lowest BCUT2D eigenvalue weighted by Gasteiger charge is -2.36. The molecule has 1 aliphatic rings. The molecule has 0 spiro atoms. The molecule has 22 heavy (non-hydrogen) atoms. The third-order valence-corrected chi connectivity index (χ3v) is 5.95. The van der Waals surface area contributed by atoms with Gasteiger partial charge < -0.3 is 10.2 Å². The number of thiophene rings is 1. The Bertz CT molecular complexity index is 664. The largest absolute Gasteiger partial charge is 0.330 e. The number of carbonyl (C=O) groups excluding carboxylic acids is 1. The third kappa shape index (κ3) is 2.90. The minimum absolute atomic E-state index is 0.0156. The molecule has 6 heteroatoms. The van der Waals surface area contributed by atoms with Crippen LogP contribution in [0.3, 0.4) is 0 Å². The minimum Gasteiger partial charge on any atom is -0.330 e. The number of nitrogens with zero attached hydrogens (tertiary/aromatic N) is 2. The molecule has 1 N–H and O–H groups in total. The van der Waals surface area contributed by atoms with Crippen LogP contribution in [0.4, 0.5) is 4.79 Å². The molecule has 0 fully saturated rings. The van der Waals surface area contributed by atoms with Gasteiger partial charge in [0.15, 0.2) is 0 Å². The van der Waals surface area contributed by atoms with Crippen LogP contribution in [0.1, 0.15) is 53.5 Å². The predicted molar refractivity (Wildman–Crippen MR) is 91.6 cm³/mol. The number of carbonyl (C=O) groups is 1. The Morgan fingerprint density at radius 1 is 1.55 bits per heavy atom. The second-order valence-corrected chi connectivity index (χ2v) is 7.69. The van der Waals surface area contributed by atoms with Crippen molar-refractivity contribution in [1.29, 1.82) is 0 Å². The maximum Gasteiger partial charge on any atom is 0.318 e. The van der Waals surface area contributed by atoms with E-state index < -0.39 is 0 Å². The van der Waals surface area contributed by atoms with Crippen molar-refractivity contribution in [3.05, 3.63) is 38.0 Å². The Labute approximate surface area is 139 Å². The van der Waals surface area contributed by atoms with Crippen LogP contribution in [-0.2, 0) is 6.42 Å². The number of hydrogen-bond acceptors (Lipinski definition) is 4. The fourth-order valence-electron chi connectivity index (χ4n) is 3.00. The van der Waals surface area contributed by atoms with Crippen LogP contribution in [0.25, 0.3) is 0 Å². The summed E-state index contributed by atoms with van der Waals surface area (Å²) in [7, 11) is 0. The quantitative estimate of drug-likeness (QED) is 0.909. The summed E-state index contributed by atoms with van der Waals surface area (Å²) in [6.07, 6.45) is 1.91. The average molecular weight is 335 g/mol. The van der Waals surface area contributed by atoms with E-state index in [1.807, 2.05) is 24.1 Å². The first-order chi connectivity index (χ1) is 10.6. The first-order valence-electron chi connectivity index (χ1n) is 7.65. The zero-order valence-corrected chi connectivity index (χ0v) is 14.8. The summed E-state index contributed by atoms with van der Waals surface area (Å²) in [5.41, 5.74) is 2.27. The Balaban J connectivity index is 1.72. The van der Waals surface area contributed by atoms with E-state index in [1.165, 1.54) is 10.4 Å². The molecule has 2 aromatic rings. The summed E-state index contributed by atoms with van der Waals surface area (Å²) in [5.74, 6) is 0. The topological polar surface area (TPSA) is 45.2 Å². The van der Waals surface area contributed by atoms with Crippen molar-refractivity contribution in [2.75, 3.05) is 6.54 Å².